The first kappa shape index (κ1) is 15.9. The molecule has 0 aromatic heterocycles. The minimum absolute atomic E-state index is 0.254. The van der Waals surface area contributed by atoms with Crippen LogP contribution in [0.3, 0.4) is 0 Å². The summed E-state index contributed by atoms with van der Waals surface area (Å²) in [7, 11) is 2.76. The van der Waals surface area contributed by atoms with E-state index in [1.165, 1.54) is 20.3 Å². The molecule has 2 rings (SSSR count). The lowest BCUT2D eigenvalue weighted by Gasteiger charge is -2.12. The predicted molar refractivity (Wildman–Crippen MR) is 81.2 cm³/mol. The van der Waals surface area contributed by atoms with Crippen molar-refractivity contribution in [1.82, 2.24) is 0 Å². The van der Waals surface area contributed by atoms with Crippen LogP contribution in [0.1, 0.15) is 20.7 Å². The van der Waals surface area contributed by atoms with Crippen molar-refractivity contribution in [2.75, 3.05) is 14.2 Å². The molecule has 0 aliphatic rings. The second kappa shape index (κ2) is 6.95. The van der Waals surface area contributed by atoms with Crippen LogP contribution in [0.2, 0.25) is 5.02 Å². The third-order valence-corrected chi connectivity index (χ3v) is 3.19. The molecule has 0 heterocycles. The SMILES string of the molecule is COC(=O)c1ccc(Oc2ccc(C=O)cc2OC)c(Cl)c1. The summed E-state index contributed by atoms with van der Waals surface area (Å²) in [6.45, 7) is 0. The van der Waals surface area contributed by atoms with Crippen molar-refractivity contribution in [3.8, 4) is 17.2 Å². The van der Waals surface area contributed by atoms with E-state index in [-0.39, 0.29) is 5.02 Å². The minimum atomic E-state index is -0.485. The minimum Gasteiger partial charge on any atom is -0.493 e. The highest BCUT2D eigenvalue weighted by molar-refractivity contribution is 6.32. The van der Waals surface area contributed by atoms with Crippen molar-refractivity contribution in [2.24, 2.45) is 0 Å². The van der Waals surface area contributed by atoms with Gasteiger partial charge >= 0.3 is 5.97 Å². The molecule has 2 aromatic carbocycles. The average molecular weight is 321 g/mol. The largest absolute Gasteiger partial charge is 0.493 e. The molecule has 22 heavy (non-hydrogen) atoms. The van der Waals surface area contributed by atoms with E-state index in [2.05, 4.69) is 4.74 Å². The molecule has 0 amide bonds. The molecule has 0 aliphatic carbocycles. The van der Waals surface area contributed by atoms with Crippen LogP contribution in [0.15, 0.2) is 36.4 Å². The lowest BCUT2D eigenvalue weighted by atomic mass is 10.2. The van der Waals surface area contributed by atoms with E-state index in [4.69, 9.17) is 21.1 Å². The van der Waals surface area contributed by atoms with Crippen LogP contribution in [0.4, 0.5) is 0 Å². The van der Waals surface area contributed by atoms with Crippen molar-refractivity contribution < 1.29 is 23.8 Å². The fraction of sp³-hybridized carbons (Fsp3) is 0.125. The van der Waals surface area contributed by atoms with Gasteiger partial charge in [-0.05, 0) is 36.4 Å². The average Bonchev–Trinajstić information content (AvgIpc) is 2.56. The molecule has 114 valence electrons. The highest BCUT2D eigenvalue weighted by atomic mass is 35.5. The van der Waals surface area contributed by atoms with Crippen LogP contribution in [-0.4, -0.2) is 26.5 Å². The zero-order chi connectivity index (χ0) is 16.1. The number of esters is 1. The third kappa shape index (κ3) is 3.38. The fourth-order valence-electron chi connectivity index (χ4n) is 1.79. The molecule has 0 bridgehead atoms. The van der Waals surface area contributed by atoms with Crippen LogP contribution in [-0.2, 0) is 4.74 Å². The molecule has 0 fully saturated rings. The van der Waals surface area contributed by atoms with Gasteiger partial charge in [-0.25, -0.2) is 4.79 Å². The molecule has 0 radical (unpaired) electrons. The number of ether oxygens (including phenoxy) is 3. The van der Waals surface area contributed by atoms with E-state index in [1.807, 2.05) is 0 Å². The van der Waals surface area contributed by atoms with E-state index >= 15 is 0 Å². The summed E-state index contributed by atoms with van der Waals surface area (Å²) in [5, 5.41) is 0.254. The van der Waals surface area contributed by atoms with Crippen molar-refractivity contribution in [2.45, 2.75) is 0 Å². The third-order valence-electron chi connectivity index (χ3n) is 2.90. The van der Waals surface area contributed by atoms with Crippen LogP contribution in [0, 0.1) is 0 Å². The number of rotatable bonds is 5. The molecule has 0 saturated carbocycles. The van der Waals surface area contributed by atoms with Crippen LogP contribution in [0.5, 0.6) is 17.2 Å². The Hall–Kier alpha value is -2.53. The number of methoxy groups -OCH3 is 2. The summed E-state index contributed by atoms with van der Waals surface area (Å²) < 4.78 is 15.5. The van der Waals surface area contributed by atoms with E-state index in [0.717, 1.165) is 0 Å². The number of carbonyl (C=O) groups is 2. The maximum Gasteiger partial charge on any atom is 0.337 e. The molecule has 6 heteroatoms. The lowest BCUT2D eigenvalue weighted by molar-refractivity contribution is 0.0600. The van der Waals surface area contributed by atoms with Gasteiger partial charge in [0.15, 0.2) is 11.5 Å². The second-order valence-electron chi connectivity index (χ2n) is 4.27. The van der Waals surface area contributed by atoms with Gasteiger partial charge in [-0.2, -0.15) is 0 Å². The Labute approximate surface area is 132 Å². The summed E-state index contributed by atoms with van der Waals surface area (Å²) in [5.74, 6) is 0.673. The standard InChI is InChI=1S/C16H13ClO5/c1-20-15-7-10(9-18)3-5-14(15)22-13-6-4-11(8-12(13)17)16(19)21-2/h3-9H,1-2H3. The van der Waals surface area contributed by atoms with Crippen molar-refractivity contribution >= 4 is 23.9 Å². The van der Waals surface area contributed by atoms with Gasteiger partial charge in [-0.3, -0.25) is 4.79 Å². The van der Waals surface area contributed by atoms with Gasteiger partial charge in [-0.15, -0.1) is 0 Å². The molecular weight excluding hydrogens is 308 g/mol. The first-order valence-electron chi connectivity index (χ1n) is 6.28. The molecule has 0 spiro atoms. The molecule has 2 aromatic rings. The van der Waals surface area contributed by atoms with E-state index < -0.39 is 5.97 Å². The molecule has 5 nitrogen and oxygen atoms in total. The first-order chi connectivity index (χ1) is 10.6. The summed E-state index contributed by atoms with van der Waals surface area (Å²) in [6, 6.07) is 9.31. The molecular formula is C16H13ClO5. The zero-order valence-corrected chi connectivity index (χ0v) is 12.7. The van der Waals surface area contributed by atoms with Crippen molar-refractivity contribution in [3.05, 3.63) is 52.5 Å². The van der Waals surface area contributed by atoms with Crippen LogP contribution >= 0.6 is 11.6 Å². The number of aldehydes is 1. The van der Waals surface area contributed by atoms with E-state index in [1.54, 1.807) is 30.3 Å². The summed E-state index contributed by atoms with van der Waals surface area (Å²) >= 11 is 6.10. The van der Waals surface area contributed by atoms with Gasteiger partial charge in [0.05, 0.1) is 24.8 Å². The molecule has 0 unspecified atom stereocenters. The van der Waals surface area contributed by atoms with Crippen molar-refractivity contribution in [1.29, 1.82) is 0 Å². The Bertz CT molecular complexity index is 712. The quantitative estimate of drug-likeness (QED) is 0.620. The number of hydrogen-bond acceptors (Lipinski definition) is 5. The lowest BCUT2D eigenvalue weighted by Crippen LogP contribution is -2.01. The van der Waals surface area contributed by atoms with E-state index in [9.17, 15) is 9.59 Å². The summed E-state index contributed by atoms with van der Waals surface area (Å²) in [4.78, 5) is 22.2. The maximum atomic E-state index is 11.4. The zero-order valence-electron chi connectivity index (χ0n) is 12.0. The van der Waals surface area contributed by atoms with Gasteiger partial charge in [-0.1, -0.05) is 11.6 Å². The van der Waals surface area contributed by atoms with Gasteiger partial charge in [0, 0.05) is 5.56 Å². The van der Waals surface area contributed by atoms with Crippen LogP contribution < -0.4 is 9.47 Å². The topological polar surface area (TPSA) is 61.8 Å². The van der Waals surface area contributed by atoms with Crippen molar-refractivity contribution in [3.63, 3.8) is 0 Å². The monoisotopic (exact) mass is 320 g/mol. The molecule has 0 saturated heterocycles. The second-order valence-corrected chi connectivity index (χ2v) is 4.67. The highest BCUT2D eigenvalue weighted by Crippen LogP contribution is 2.35. The van der Waals surface area contributed by atoms with Gasteiger partial charge in [0.1, 0.15) is 12.0 Å². The number of benzene rings is 2. The van der Waals surface area contributed by atoms with Gasteiger partial charge in [0.25, 0.3) is 0 Å². The molecule has 0 aliphatic heterocycles. The highest BCUT2D eigenvalue weighted by Gasteiger charge is 2.12. The Morgan fingerprint density at radius 2 is 1.77 bits per heavy atom. The van der Waals surface area contributed by atoms with E-state index in [0.29, 0.717) is 34.7 Å². The summed E-state index contributed by atoms with van der Waals surface area (Å²) in [5.41, 5.74) is 0.791. The number of carbonyl (C=O) groups excluding carboxylic acids is 2. The Balaban J connectivity index is 2.31. The Kier molecular flexibility index (Phi) is 5.01. The summed E-state index contributed by atoms with van der Waals surface area (Å²) in [6.07, 6.45) is 0.713. The Morgan fingerprint density at radius 3 is 2.36 bits per heavy atom. The Morgan fingerprint density at radius 1 is 1.05 bits per heavy atom. The maximum absolute atomic E-state index is 11.4. The number of halogens is 1. The smallest absolute Gasteiger partial charge is 0.337 e. The van der Waals surface area contributed by atoms with Gasteiger partial charge in [0.2, 0.25) is 0 Å². The fourth-order valence-corrected chi connectivity index (χ4v) is 2.01. The molecule has 0 atom stereocenters. The normalized spacial score (nSPS) is 9.95. The number of hydrogen-bond donors (Lipinski definition) is 0. The predicted octanol–water partition coefficient (Wildman–Crippen LogP) is 3.74. The van der Waals surface area contributed by atoms with Gasteiger partial charge < -0.3 is 14.2 Å². The first-order valence-corrected chi connectivity index (χ1v) is 6.65. The van der Waals surface area contributed by atoms with Crippen LogP contribution in [0.25, 0.3) is 0 Å². The molecule has 0 N–H and O–H groups in total.